The molecule has 2 aliphatic rings. The van der Waals surface area contributed by atoms with Crippen LogP contribution in [0.25, 0.3) is 0 Å². The monoisotopic (exact) mass is 385 g/mol. The van der Waals surface area contributed by atoms with Gasteiger partial charge in [0.1, 0.15) is 5.54 Å². The Morgan fingerprint density at radius 3 is 2.68 bits per heavy atom. The lowest BCUT2D eigenvalue weighted by atomic mass is 9.87. The van der Waals surface area contributed by atoms with Crippen LogP contribution in [0.5, 0.6) is 0 Å². The van der Waals surface area contributed by atoms with E-state index in [-0.39, 0.29) is 12.3 Å². The molecule has 0 saturated carbocycles. The van der Waals surface area contributed by atoms with Gasteiger partial charge in [-0.25, -0.2) is 4.79 Å². The maximum absolute atomic E-state index is 12.9. The number of imide groups is 1. The maximum atomic E-state index is 12.9. The molecule has 0 bridgehead atoms. The Labute approximate surface area is 162 Å². The second-order valence-electron chi connectivity index (χ2n) is 6.86. The number of carbonyl (C=O) groups is 4. The first-order valence-electron chi connectivity index (χ1n) is 9.30. The normalized spacial score (nSPS) is 23.6. The van der Waals surface area contributed by atoms with Crippen molar-refractivity contribution < 1.29 is 23.9 Å². The van der Waals surface area contributed by atoms with Crippen LogP contribution in [0.15, 0.2) is 42.5 Å². The molecule has 148 valence electrons. The van der Waals surface area contributed by atoms with E-state index >= 15 is 0 Å². The van der Waals surface area contributed by atoms with E-state index in [1.807, 2.05) is 18.2 Å². The second-order valence-corrected chi connectivity index (χ2v) is 6.86. The van der Waals surface area contributed by atoms with Crippen molar-refractivity contribution in [1.29, 1.82) is 0 Å². The third kappa shape index (κ3) is 3.90. The van der Waals surface area contributed by atoms with Crippen LogP contribution in [0.4, 0.5) is 4.79 Å². The van der Waals surface area contributed by atoms with Gasteiger partial charge in [-0.2, -0.15) is 5.01 Å². The quantitative estimate of drug-likeness (QED) is 0.423. The molecule has 0 aromatic heterocycles. The number of hydrogen-bond donors (Lipinski definition) is 2. The van der Waals surface area contributed by atoms with E-state index in [1.165, 1.54) is 0 Å². The summed E-state index contributed by atoms with van der Waals surface area (Å²) in [5.74, 6) is -1.69. The van der Waals surface area contributed by atoms with Crippen molar-refractivity contribution in [2.45, 2.75) is 38.1 Å². The van der Waals surface area contributed by atoms with Crippen LogP contribution in [0.3, 0.4) is 0 Å². The van der Waals surface area contributed by atoms with Gasteiger partial charge in [0.25, 0.3) is 11.8 Å². The summed E-state index contributed by atoms with van der Waals surface area (Å²) < 4.78 is 4.95. The number of nitrogens with one attached hydrogen (secondary N) is 2. The fraction of sp³-hybridized carbons (Fsp3) is 0.400. The lowest BCUT2D eigenvalue weighted by Gasteiger charge is -2.25. The van der Waals surface area contributed by atoms with Gasteiger partial charge >= 0.3 is 12.0 Å². The molecule has 1 aromatic carbocycles. The number of nitrogens with zero attached hydrogens (tertiary/aromatic N) is 1. The van der Waals surface area contributed by atoms with Crippen LogP contribution in [-0.2, 0) is 24.7 Å². The summed E-state index contributed by atoms with van der Waals surface area (Å²) in [6.45, 7) is 1.21. The summed E-state index contributed by atoms with van der Waals surface area (Å²) in [6.07, 6.45) is 6.32. The predicted molar refractivity (Wildman–Crippen MR) is 99.4 cm³/mol. The smallest absolute Gasteiger partial charge is 0.344 e. The van der Waals surface area contributed by atoms with Crippen LogP contribution < -0.4 is 10.7 Å². The first-order chi connectivity index (χ1) is 13.5. The number of amides is 4. The van der Waals surface area contributed by atoms with Crippen molar-refractivity contribution >= 4 is 23.8 Å². The van der Waals surface area contributed by atoms with E-state index in [4.69, 9.17) is 4.74 Å². The third-order valence-electron chi connectivity index (χ3n) is 5.03. The zero-order valence-corrected chi connectivity index (χ0v) is 15.6. The number of allylic oxidation sites excluding steroid dienone is 2. The average Bonchev–Trinajstić information content (AvgIpc) is 3.29. The van der Waals surface area contributed by atoms with E-state index in [0.29, 0.717) is 17.0 Å². The standard InChI is InChI=1S/C20H23N3O5/c1-2-20(15-10-4-3-5-11-15)18(26)23(19(27)21-20)22-16(24)13-28-17(25)12-14-8-6-7-9-14/h3-6,8,10-11,14H,2,7,9,12-13H2,1H3,(H,21,27)(H,22,24)/t14-,20-/m0/s1. The van der Waals surface area contributed by atoms with Crippen LogP contribution in [0, 0.1) is 5.92 Å². The predicted octanol–water partition coefficient (Wildman–Crippen LogP) is 1.77. The SMILES string of the molecule is CC[C@@]1(c2ccccc2)NC(=O)N(NC(=O)COC(=O)C[C@H]2C=CCC2)C1=O. The van der Waals surface area contributed by atoms with E-state index in [9.17, 15) is 19.2 Å². The number of esters is 1. The molecule has 0 spiro atoms. The van der Waals surface area contributed by atoms with Gasteiger partial charge in [0.2, 0.25) is 0 Å². The number of urea groups is 1. The Morgan fingerprint density at radius 2 is 2.04 bits per heavy atom. The largest absolute Gasteiger partial charge is 0.455 e. The fourth-order valence-electron chi connectivity index (χ4n) is 3.48. The van der Waals surface area contributed by atoms with Crippen molar-refractivity contribution in [2.24, 2.45) is 5.92 Å². The molecule has 8 nitrogen and oxygen atoms in total. The minimum absolute atomic E-state index is 0.137. The van der Waals surface area contributed by atoms with Crippen molar-refractivity contribution in [3.63, 3.8) is 0 Å². The van der Waals surface area contributed by atoms with Crippen molar-refractivity contribution in [3.05, 3.63) is 48.0 Å². The molecule has 28 heavy (non-hydrogen) atoms. The molecule has 1 heterocycles. The van der Waals surface area contributed by atoms with Crippen molar-refractivity contribution in [1.82, 2.24) is 15.8 Å². The second kappa shape index (κ2) is 8.24. The van der Waals surface area contributed by atoms with E-state index in [0.717, 1.165) is 12.8 Å². The third-order valence-corrected chi connectivity index (χ3v) is 5.03. The number of hydrazine groups is 1. The topological polar surface area (TPSA) is 105 Å². The first-order valence-corrected chi connectivity index (χ1v) is 9.30. The molecule has 1 saturated heterocycles. The van der Waals surface area contributed by atoms with Crippen LogP contribution in [0.1, 0.15) is 38.2 Å². The highest BCUT2D eigenvalue weighted by atomic mass is 16.5. The molecule has 3 rings (SSSR count). The molecular weight excluding hydrogens is 362 g/mol. The summed E-state index contributed by atoms with van der Waals surface area (Å²) in [5, 5.41) is 3.30. The van der Waals surface area contributed by atoms with E-state index in [2.05, 4.69) is 10.7 Å². The highest BCUT2D eigenvalue weighted by molar-refractivity contribution is 6.08. The number of benzene rings is 1. The van der Waals surface area contributed by atoms with Gasteiger partial charge < -0.3 is 10.1 Å². The van der Waals surface area contributed by atoms with Crippen molar-refractivity contribution in [3.8, 4) is 0 Å². The molecular formula is C20H23N3O5. The lowest BCUT2D eigenvalue weighted by Crippen LogP contribution is -2.49. The molecule has 0 radical (unpaired) electrons. The summed E-state index contributed by atoms with van der Waals surface area (Å²) >= 11 is 0. The highest BCUT2D eigenvalue weighted by Gasteiger charge is 2.52. The molecule has 1 fully saturated rings. The molecule has 2 atom stereocenters. The molecule has 4 amide bonds. The molecule has 1 aliphatic heterocycles. The van der Waals surface area contributed by atoms with Gasteiger partial charge in [-0.3, -0.25) is 19.8 Å². The summed E-state index contributed by atoms with van der Waals surface area (Å²) in [7, 11) is 0. The Bertz CT molecular complexity index is 807. The number of carbonyl (C=O) groups excluding carboxylic acids is 4. The molecule has 0 unspecified atom stereocenters. The Kier molecular flexibility index (Phi) is 5.77. The van der Waals surface area contributed by atoms with Gasteiger partial charge in [-0.15, -0.1) is 0 Å². The van der Waals surface area contributed by atoms with Gasteiger partial charge in [0, 0.05) is 0 Å². The van der Waals surface area contributed by atoms with E-state index in [1.54, 1.807) is 31.2 Å². The fourth-order valence-corrected chi connectivity index (χ4v) is 3.48. The number of rotatable bonds is 7. The minimum Gasteiger partial charge on any atom is -0.455 e. The highest BCUT2D eigenvalue weighted by Crippen LogP contribution is 2.31. The Morgan fingerprint density at radius 1 is 1.29 bits per heavy atom. The number of ether oxygens (including phenoxy) is 1. The van der Waals surface area contributed by atoms with Gasteiger partial charge in [-0.05, 0) is 30.7 Å². The van der Waals surface area contributed by atoms with Crippen molar-refractivity contribution in [2.75, 3.05) is 6.61 Å². The maximum Gasteiger partial charge on any atom is 0.344 e. The van der Waals surface area contributed by atoms with Gasteiger partial charge in [0.05, 0.1) is 6.42 Å². The van der Waals surface area contributed by atoms with Crippen LogP contribution in [0.2, 0.25) is 0 Å². The van der Waals surface area contributed by atoms with Crippen LogP contribution >= 0.6 is 0 Å². The zero-order chi connectivity index (χ0) is 20.1. The zero-order valence-electron chi connectivity index (χ0n) is 15.6. The Balaban J connectivity index is 1.58. The minimum atomic E-state index is -1.24. The molecule has 1 aliphatic carbocycles. The molecule has 1 aromatic rings. The Hall–Kier alpha value is -3.16. The van der Waals surface area contributed by atoms with Crippen LogP contribution in [-0.4, -0.2) is 35.4 Å². The van der Waals surface area contributed by atoms with Gasteiger partial charge in [0.15, 0.2) is 6.61 Å². The summed E-state index contributed by atoms with van der Waals surface area (Å²) in [5.41, 5.74) is 1.62. The molecule has 8 heteroatoms. The molecule has 2 N–H and O–H groups in total. The first kappa shape index (κ1) is 19.6. The summed E-state index contributed by atoms with van der Waals surface area (Å²) in [6, 6.07) is 8.10. The van der Waals surface area contributed by atoms with Gasteiger partial charge in [-0.1, -0.05) is 49.4 Å². The number of hydrogen-bond acceptors (Lipinski definition) is 5. The lowest BCUT2D eigenvalue weighted by molar-refractivity contribution is -0.151. The van der Waals surface area contributed by atoms with E-state index < -0.39 is 36.0 Å². The summed E-state index contributed by atoms with van der Waals surface area (Å²) in [4.78, 5) is 49.1. The average molecular weight is 385 g/mol.